The van der Waals surface area contributed by atoms with Crippen LogP contribution in [0.15, 0.2) is 34.8 Å². The lowest BCUT2D eigenvalue weighted by Gasteiger charge is -2.18. The van der Waals surface area contributed by atoms with Crippen molar-refractivity contribution in [2.24, 2.45) is 0 Å². The number of fused-ring (bicyclic) bond motifs is 1. The smallest absolute Gasteiger partial charge is 0.254 e. The molecule has 5 nitrogen and oxygen atoms in total. The van der Waals surface area contributed by atoms with E-state index in [0.29, 0.717) is 30.1 Å². The summed E-state index contributed by atoms with van der Waals surface area (Å²) in [5, 5.41) is 0. The Balaban J connectivity index is 1.88. The predicted molar refractivity (Wildman–Crippen MR) is 91.7 cm³/mol. The second-order valence-electron chi connectivity index (χ2n) is 5.37. The lowest BCUT2D eigenvalue weighted by Crippen LogP contribution is -2.23. The predicted octanol–water partition coefficient (Wildman–Crippen LogP) is 3.20. The molecule has 0 spiro atoms. The molecule has 1 aliphatic heterocycles. The average molecular weight is 377 g/mol. The van der Waals surface area contributed by atoms with Crippen molar-refractivity contribution in [2.45, 2.75) is 13.1 Å². The highest BCUT2D eigenvalue weighted by molar-refractivity contribution is 9.10. The number of nitrogen functional groups attached to an aromatic ring is 1. The maximum atomic E-state index is 12.6. The number of anilines is 1. The summed E-state index contributed by atoms with van der Waals surface area (Å²) in [6.07, 6.45) is 0. The van der Waals surface area contributed by atoms with Crippen molar-refractivity contribution >= 4 is 27.5 Å². The molecule has 1 amide bonds. The molecular weight excluding hydrogens is 360 g/mol. The molecule has 6 heteroatoms. The van der Waals surface area contributed by atoms with Gasteiger partial charge in [-0.2, -0.15) is 0 Å². The van der Waals surface area contributed by atoms with E-state index in [9.17, 15) is 4.79 Å². The fourth-order valence-corrected chi connectivity index (χ4v) is 3.36. The molecule has 1 heterocycles. The summed E-state index contributed by atoms with van der Waals surface area (Å²) in [4.78, 5) is 14.4. The maximum Gasteiger partial charge on any atom is 0.254 e. The van der Waals surface area contributed by atoms with Crippen molar-refractivity contribution in [3.05, 3.63) is 51.5 Å². The number of hydrogen-bond donors (Lipinski definition) is 1. The quantitative estimate of drug-likeness (QED) is 0.832. The number of halogens is 1. The van der Waals surface area contributed by atoms with Crippen LogP contribution >= 0.6 is 15.9 Å². The Bertz CT molecular complexity index is 777. The van der Waals surface area contributed by atoms with Crippen molar-refractivity contribution in [3.8, 4) is 11.5 Å². The van der Waals surface area contributed by atoms with Crippen LogP contribution in [0.3, 0.4) is 0 Å². The first-order chi connectivity index (χ1) is 11.0. The molecule has 2 aromatic rings. The van der Waals surface area contributed by atoms with Crippen molar-refractivity contribution in [2.75, 3.05) is 20.0 Å². The third-order valence-corrected chi connectivity index (χ3v) is 4.65. The van der Waals surface area contributed by atoms with Crippen LogP contribution in [0.2, 0.25) is 0 Å². The first kappa shape index (κ1) is 15.7. The minimum atomic E-state index is -0.0223. The van der Waals surface area contributed by atoms with Gasteiger partial charge >= 0.3 is 0 Å². The Morgan fingerprint density at radius 2 is 2.00 bits per heavy atom. The molecule has 0 aliphatic carbocycles. The molecule has 2 N–H and O–H groups in total. The molecule has 0 saturated carbocycles. The number of ether oxygens (including phenoxy) is 2. The molecule has 3 rings (SSSR count). The zero-order chi connectivity index (χ0) is 16.6. The number of carbonyl (C=O) groups excluding carboxylic acids is 1. The summed E-state index contributed by atoms with van der Waals surface area (Å²) in [7, 11) is 3.22. The summed E-state index contributed by atoms with van der Waals surface area (Å²) < 4.78 is 11.5. The summed E-state index contributed by atoms with van der Waals surface area (Å²) in [5.41, 5.74) is 8.97. The van der Waals surface area contributed by atoms with Gasteiger partial charge in [0.15, 0.2) is 0 Å². The Morgan fingerprint density at radius 1 is 1.22 bits per heavy atom. The second-order valence-corrected chi connectivity index (χ2v) is 6.22. The van der Waals surface area contributed by atoms with Gasteiger partial charge in [-0.3, -0.25) is 4.79 Å². The minimum absolute atomic E-state index is 0.0223. The van der Waals surface area contributed by atoms with E-state index in [1.54, 1.807) is 25.2 Å². The lowest BCUT2D eigenvalue weighted by atomic mass is 10.1. The molecule has 0 aromatic heterocycles. The second kappa shape index (κ2) is 6.12. The van der Waals surface area contributed by atoms with Gasteiger partial charge in [-0.15, -0.1) is 0 Å². The first-order valence-electron chi connectivity index (χ1n) is 7.11. The highest BCUT2D eigenvalue weighted by atomic mass is 79.9. The van der Waals surface area contributed by atoms with E-state index >= 15 is 0 Å². The zero-order valence-electron chi connectivity index (χ0n) is 12.9. The van der Waals surface area contributed by atoms with Gasteiger partial charge in [0, 0.05) is 40.4 Å². The number of rotatable bonds is 4. The molecule has 0 unspecified atom stereocenters. The molecule has 23 heavy (non-hydrogen) atoms. The molecule has 1 aliphatic rings. The Labute approximate surface area is 143 Å². The van der Waals surface area contributed by atoms with E-state index in [-0.39, 0.29) is 5.91 Å². The number of nitrogens with zero attached hydrogens (tertiary/aromatic N) is 1. The van der Waals surface area contributed by atoms with Gasteiger partial charge in [-0.05, 0) is 29.8 Å². The van der Waals surface area contributed by atoms with Gasteiger partial charge < -0.3 is 20.1 Å². The molecule has 0 radical (unpaired) electrons. The normalized spacial score (nSPS) is 13.2. The van der Waals surface area contributed by atoms with Crippen molar-refractivity contribution in [1.82, 2.24) is 4.90 Å². The summed E-state index contributed by atoms with van der Waals surface area (Å²) in [5.74, 6) is 1.40. The van der Waals surface area contributed by atoms with Crippen molar-refractivity contribution in [3.63, 3.8) is 0 Å². The number of benzene rings is 2. The summed E-state index contributed by atoms with van der Waals surface area (Å²) >= 11 is 3.49. The monoisotopic (exact) mass is 376 g/mol. The van der Waals surface area contributed by atoms with Gasteiger partial charge in [-0.1, -0.05) is 15.9 Å². The maximum absolute atomic E-state index is 12.6. The van der Waals surface area contributed by atoms with Crippen LogP contribution in [0.25, 0.3) is 0 Å². The Hall–Kier alpha value is -2.21. The Kier molecular flexibility index (Phi) is 4.17. The fraction of sp³-hybridized carbons (Fsp3) is 0.235. The zero-order valence-corrected chi connectivity index (χ0v) is 14.5. The van der Waals surface area contributed by atoms with Gasteiger partial charge in [-0.25, -0.2) is 0 Å². The van der Waals surface area contributed by atoms with Crippen molar-refractivity contribution in [1.29, 1.82) is 0 Å². The standard InChI is InChI=1S/C17H17BrN2O3/c1-22-12-4-3-10(16(7-12)23-2)8-20-9-14-13(17(20)21)5-11(19)6-15(14)18/h3-7H,8-9,19H2,1-2H3. The fourth-order valence-electron chi connectivity index (χ4n) is 2.76. The SMILES string of the molecule is COc1ccc(CN2Cc3c(Br)cc(N)cc3C2=O)c(OC)c1. The van der Waals surface area contributed by atoms with Gasteiger partial charge in [0.1, 0.15) is 11.5 Å². The number of methoxy groups -OCH3 is 2. The highest BCUT2D eigenvalue weighted by Crippen LogP contribution is 2.34. The van der Waals surface area contributed by atoms with Crippen LogP contribution in [0.5, 0.6) is 11.5 Å². The topological polar surface area (TPSA) is 64.8 Å². The highest BCUT2D eigenvalue weighted by Gasteiger charge is 2.30. The largest absolute Gasteiger partial charge is 0.497 e. The average Bonchev–Trinajstić information content (AvgIpc) is 2.85. The molecule has 120 valence electrons. The summed E-state index contributed by atoms with van der Waals surface area (Å²) in [6.45, 7) is 1.01. The lowest BCUT2D eigenvalue weighted by molar-refractivity contribution is 0.0765. The number of amides is 1. The molecule has 2 aromatic carbocycles. The number of carbonyl (C=O) groups is 1. The molecule has 0 fully saturated rings. The Morgan fingerprint density at radius 3 is 2.70 bits per heavy atom. The van der Waals surface area contributed by atoms with E-state index in [2.05, 4.69) is 15.9 Å². The molecular formula is C17H17BrN2O3. The van der Waals surface area contributed by atoms with Crippen LogP contribution in [0, 0.1) is 0 Å². The van der Waals surface area contributed by atoms with Crippen LogP contribution in [-0.4, -0.2) is 25.0 Å². The summed E-state index contributed by atoms with van der Waals surface area (Å²) in [6, 6.07) is 9.14. The molecule has 0 bridgehead atoms. The van der Waals surface area contributed by atoms with Crippen LogP contribution in [0.4, 0.5) is 5.69 Å². The van der Waals surface area contributed by atoms with Gasteiger partial charge in [0.05, 0.1) is 14.2 Å². The minimum Gasteiger partial charge on any atom is -0.497 e. The van der Waals surface area contributed by atoms with Gasteiger partial charge in [0.2, 0.25) is 0 Å². The van der Waals surface area contributed by atoms with E-state index in [4.69, 9.17) is 15.2 Å². The van der Waals surface area contributed by atoms with Crippen molar-refractivity contribution < 1.29 is 14.3 Å². The van der Waals surface area contributed by atoms with E-state index in [1.165, 1.54) is 0 Å². The third-order valence-electron chi connectivity index (χ3n) is 3.94. The van der Waals surface area contributed by atoms with E-state index in [0.717, 1.165) is 21.3 Å². The van der Waals surface area contributed by atoms with Gasteiger partial charge in [0.25, 0.3) is 5.91 Å². The van der Waals surface area contributed by atoms with Crippen LogP contribution < -0.4 is 15.2 Å². The van der Waals surface area contributed by atoms with E-state index < -0.39 is 0 Å². The first-order valence-corrected chi connectivity index (χ1v) is 7.91. The van der Waals surface area contributed by atoms with E-state index in [1.807, 2.05) is 24.3 Å². The van der Waals surface area contributed by atoms with Crippen LogP contribution in [-0.2, 0) is 13.1 Å². The third kappa shape index (κ3) is 2.86. The molecule has 0 atom stereocenters. The number of hydrogen-bond acceptors (Lipinski definition) is 4. The van der Waals surface area contributed by atoms with Crippen LogP contribution in [0.1, 0.15) is 21.5 Å². The number of nitrogens with two attached hydrogens (primary N) is 1. The molecule has 0 saturated heterocycles.